The predicted molar refractivity (Wildman–Crippen MR) is 151 cm³/mol. The largest absolute Gasteiger partial charge is 0.387 e. The molecule has 0 amide bonds. The highest BCUT2D eigenvalue weighted by Gasteiger charge is 2.36. The molecule has 1 unspecified atom stereocenters. The Kier molecular flexibility index (Phi) is 5.77. The van der Waals surface area contributed by atoms with Gasteiger partial charge in [-0.05, 0) is 55.1 Å². The normalized spacial score (nSPS) is 12.8. The number of hydrogen-bond donors (Lipinski definition) is 2. The number of nitrogens with two attached hydrogens (primary N) is 1. The van der Waals surface area contributed by atoms with Gasteiger partial charge in [0.1, 0.15) is 0 Å². The Balaban J connectivity index is 1.41. The highest BCUT2D eigenvalue weighted by atomic mass is 16.3. The lowest BCUT2D eigenvalue weighted by atomic mass is 9.78. The van der Waals surface area contributed by atoms with Crippen LogP contribution in [0.15, 0.2) is 127 Å². The van der Waals surface area contributed by atoms with Crippen LogP contribution in [-0.2, 0) is 12.8 Å². The van der Waals surface area contributed by atoms with E-state index in [9.17, 15) is 5.11 Å². The van der Waals surface area contributed by atoms with E-state index in [1.807, 2.05) is 36.4 Å². The Hall–Kier alpha value is -3.98. The van der Waals surface area contributed by atoms with Gasteiger partial charge in [0, 0.05) is 12.8 Å². The lowest BCUT2D eigenvalue weighted by molar-refractivity contribution is 0.0137. The van der Waals surface area contributed by atoms with Crippen LogP contribution in [0.4, 0.5) is 0 Å². The van der Waals surface area contributed by atoms with E-state index in [0.717, 1.165) is 22.1 Å². The molecule has 0 saturated carbocycles. The van der Waals surface area contributed by atoms with Crippen molar-refractivity contribution in [3.05, 3.63) is 144 Å². The van der Waals surface area contributed by atoms with Crippen LogP contribution in [-0.4, -0.2) is 10.7 Å². The first-order valence-electron chi connectivity index (χ1n) is 12.5. The van der Waals surface area contributed by atoms with Crippen LogP contribution in [0.1, 0.15) is 22.7 Å². The summed E-state index contributed by atoms with van der Waals surface area (Å²) in [6, 6.07) is 43.5. The molecular weight excluding hydrogens is 438 g/mol. The number of rotatable bonds is 6. The first-order valence-corrected chi connectivity index (χ1v) is 12.5. The number of aliphatic hydroxyl groups is 1. The Morgan fingerprint density at radius 2 is 0.889 bits per heavy atom. The molecule has 6 aromatic rings. The summed E-state index contributed by atoms with van der Waals surface area (Å²) in [7, 11) is 0. The Morgan fingerprint density at radius 1 is 0.500 bits per heavy atom. The summed E-state index contributed by atoms with van der Waals surface area (Å²) in [5.74, 6) is 0. The third-order valence-electron chi connectivity index (χ3n) is 7.36. The first-order chi connectivity index (χ1) is 17.6. The molecule has 0 aliphatic rings. The first kappa shape index (κ1) is 22.5. The summed E-state index contributed by atoms with van der Waals surface area (Å²) in [5, 5.41) is 19.4. The molecule has 36 heavy (non-hydrogen) atoms. The fourth-order valence-electron chi connectivity index (χ4n) is 5.40. The molecule has 0 fully saturated rings. The van der Waals surface area contributed by atoms with Crippen molar-refractivity contribution in [1.29, 1.82) is 0 Å². The van der Waals surface area contributed by atoms with Crippen molar-refractivity contribution in [2.75, 3.05) is 0 Å². The predicted octanol–water partition coefficient (Wildman–Crippen LogP) is 7.36. The van der Waals surface area contributed by atoms with Crippen molar-refractivity contribution < 1.29 is 5.11 Å². The van der Waals surface area contributed by atoms with E-state index in [4.69, 9.17) is 5.73 Å². The monoisotopic (exact) mass is 467 g/mol. The fraction of sp³-hybridized carbons (Fsp3) is 0.118. The minimum Gasteiger partial charge on any atom is -0.387 e. The minimum atomic E-state index is -1.17. The van der Waals surface area contributed by atoms with Gasteiger partial charge in [-0.25, -0.2) is 0 Å². The topological polar surface area (TPSA) is 46.2 Å². The van der Waals surface area contributed by atoms with E-state index in [1.165, 1.54) is 26.9 Å². The molecule has 0 radical (unpaired) electrons. The standard InChI is InChI=1S/C34H29NO/c35-33(32-18-17-28-9-3-6-12-31(28)21-32)34(36,22-24-13-15-26-7-1-4-10-29(26)19-24)23-25-14-16-27-8-2-5-11-30(27)20-25/h1-21,33,36H,22-23,35H2. The highest BCUT2D eigenvalue weighted by molar-refractivity contribution is 5.84. The molecular formula is C34H29NO. The maximum absolute atomic E-state index is 12.3. The van der Waals surface area contributed by atoms with Gasteiger partial charge in [0.25, 0.3) is 0 Å². The van der Waals surface area contributed by atoms with Crippen LogP contribution in [0.5, 0.6) is 0 Å². The van der Waals surface area contributed by atoms with Gasteiger partial charge in [-0.3, -0.25) is 0 Å². The van der Waals surface area contributed by atoms with Gasteiger partial charge in [0.05, 0.1) is 11.6 Å². The molecule has 6 aromatic carbocycles. The summed E-state index contributed by atoms with van der Waals surface area (Å²) < 4.78 is 0. The smallest absolute Gasteiger partial charge is 0.0919 e. The van der Waals surface area contributed by atoms with Crippen molar-refractivity contribution >= 4 is 32.3 Å². The third-order valence-corrected chi connectivity index (χ3v) is 7.36. The van der Waals surface area contributed by atoms with Gasteiger partial charge in [-0.1, -0.05) is 121 Å². The van der Waals surface area contributed by atoms with Crippen molar-refractivity contribution in [2.45, 2.75) is 24.5 Å². The quantitative estimate of drug-likeness (QED) is 0.269. The van der Waals surface area contributed by atoms with Crippen molar-refractivity contribution in [3.63, 3.8) is 0 Å². The molecule has 6 rings (SSSR count). The molecule has 1 atom stereocenters. The SMILES string of the molecule is NC(c1ccc2ccccc2c1)C(O)(Cc1ccc2ccccc2c1)Cc1ccc2ccccc2c1. The second kappa shape index (κ2) is 9.23. The van der Waals surface area contributed by atoms with Crippen LogP contribution in [0, 0.1) is 0 Å². The second-order valence-corrected chi connectivity index (χ2v) is 9.90. The molecule has 0 heterocycles. The van der Waals surface area contributed by atoms with Gasteiger partial charge < -0.3 is 10.8 Å². The fourth-order valence-corrected chi connectivity index (χ4v) is 5.40. The van der Waals surface area contributed by atoms with Crippen LogP contribution >= 0.6 is 0 Å². The van der Waals surface area contributed by atoms with E-state index in [-0.39, 0.29) is 0 Å². The molecule has 0 aliphatic carbocycles. The molecule has 2 heteroatoms. The Morgan fingerprint density at radius 3 is 1.36 bits per heavy atom. The lowest BCUT2D eigenvalue weighted by Crippen LogP contribution is -2.45. The average Bonchev–Trinajstić information content (AvgIpc) is 2.92. The van der Waals surface area contributed by atoms with Crippen LogP contribution < -0.4 is 5.73 Å². The molecule has 0 aliphatic heterocycles. The summed E-state index contributed by atoms with van der Waals surface area (Å²) in [4.78, 5) is 0. The summed E-state index contributed by atoms with van der Waals surface area (Å²) in [5.41, 5.74) is 8.86. The highest BCUT2D eigenvalue weighted by Crippen LogP contribution is 2.34. The zero-order valence-corrected chi connectivity index (χ0v) is 20.1. The van der Waals surface area contributed by atoms with Gasteiger partial charge in [0.15, 0.2) is 0 Å². The zero-order valence-electron chi connectivity index (χ0n) is 20.1. The molecule has 0 aromatic heterocycles. The summed E-state index contributed by atoms with van der Waals surface area (Å²) >= 11 is 0. The Bertz CT molecular complexity index is 1600. The molecule has 176 valence electrons. The van der Waals surface area contributed by atoms with Crippen LogP contribution in [0.25, 0.3) is 32.3 Å². The van der Waals surface area contributed by atoms with Gasteiger partial charge >= 0.3 is 0 Å². The maximum atomic E-state index is 12.3. The average molecular weight is 468 g/mol. The molecule has 0 spiro atoms. The molecule has 2 nitrogen and oxygen atoms in total. The Labute approximate surface area is 211 Å². The lowest BCUT2D eigenvalue weighted by Gasteiger charge is -2.35. The second-order valence-electron chi connectivity index (χ2n) is 9.90. The zero-order chi connectivity index (χ0) is 24.5. The van der Waals surface area contributed by atoms with Crippen LogP contribution in [0.2, 0.25) is 0 Å². The van der Waals surface area contributed by atoms with E-state index < -0.39 is 11.6 Å². The van der Waals surface area contributed by atoms with Crippen molar-refractivity contribution in [2.24, 2.45) is 5.73 Å². The molecule has 0 saturated heterocycles. The van der Waals surface area contributed by atoms with Gasteiger partial charge in [-0.15, -0.1) is 0 Å². The van der Waals surface area contributed by atoms with E-state index in [1.54, 1.807) is 0 Å². The van der Waals surface area contributed by atoms with E-state index >= 15 is 0 Å². The maximum Gasteiger partial charge on any atom is 0.0919 e. The summed E-state index contributed by atoms with van der Waals surface area (Å²) in [6.45, 7) is 0. The van der Waals surface area contributed by atoms with E-state index in [0.29, 0.717) is 12.8 Å². The molecule has 3 N–H and O–H groups in total. The van der Waals surface area contributed by atoms with Crippen molar-refractivity contribution in [1.82, 2.24) is 0 Å². The van der Waals surface area contributed by atoms with Crippen molar-refractivity contribution in [3.8, 4) is 0 Å². The minimum absolute atomic E-state index is 0.457. The third kappa shape index (κ3) is 4.37. The summed E-state index contributed by atoms with van der Waals surface area (Å²) in [6.07, 6.45) is 0.914. The van der Waals surface area contributed by atoms with Gasteiger partial charge in [-0.2, -0.15) is 0 Å². The molecule has 0 bridgehead atoms. The van der Waals surface area contributed by atoms with Crippen LogP contribution in [0.3, 0.4) is 0 Å². The number of benzene rings is 6. The van der Waals surface area contributed by atoms with Gasteiger partial charge in [0.2, 0.25) is 0 Å². The number of hydrogen-bond acceptors (Lipinski definition) is 2. The number of fused-ring (bicyclic) bond motifs is 3. The van der Waals surface area contributed by atoms with E-state index in [2.05, 4.69) is 91.0 Å².